The van der Waals surface area contributed by atoms with E-state index in [1.165, 1.54) is 55.4 Å². The average Bonchev–Trinajstić information content (AvgIpc) is 3.35. The minimum absolute atomic E-state index is 0.555. The SMILES string of the molecule is CCC[CH2][Sn]([CH2]CCC)([CH2]CCC)[c]1cc(OC)c(-c2c(C)nn3c(N(CCOC)CCOC)nc(C)nc23)c(OC)c1[76Br]. The zero-order valence-electron chi connectivity index (χ0n) is 28.5. The summed E-state index contributed by atoms with van der Waals surface area (Å²) in [5.41, 5.74) is 3.33. The van der Waals surface area contributed by atoms with Gasteiger partial charge in [0.15, 0.2) is 0 Å². The number of halogens is 1. The second-order valence-corrected chi connectivity index (χ2v) is 25.6. The minimum atomic E-state index is -2.88. The number of unbranched alkanes of at least 4 members (excludes halogenated alkanes) is 3. The number of hydrogen-bond acceptors (Lipinski definition) is 8. The number of anilines is 1. The fraction of sp³-hybridized carbons (Fsp3) is 0.667. The summed E-state index contributed by atoms with van der Waals surface area (Å²) < 4.78 is 31.8. The molecule has 0 aliphatic rings. The van der Waals surface area contributed by atoms with Crippen molar-refractivity contribution in [1.29, 1.82) is 0 Å². The molecule has 0 saturated heterocycles. The molecule has 1 aromatic carbocycles. The first kappa shape index (κ1) is 36.8. The first-order chi connectivity index (χ1) is 21.3. The number of rotatable bonds is 20. The van der Waals surface area contributed by atoms with Crippen molar-refractivity contribution in [3.8, 4) is 22.6 Å². The molecule has 0 aliphatic heterocycles. The van der Waals surface area contributed by atoms with Gasteiger partial charge in [-0.1, -0.05) is 0 Å². The van der Waals surface area contributed by atoms with Gasteiger partial charge in [0.1, 0.15) is 0 Å². The van der Waals surface area contributed by atoms with E-state index >= 15 is 0 Å². The second kappa shape index (κ2) is 17.9. The van der Waals surface area contributed by atoms with Crippen LogP contribution < -0.4 is 18.0 Å². The maximum atomic E-state index is 6.29. The van der Waals surface area contributed by atoms with Crippen LogP contribution in [0.4, 0.5) is 5.95 Å². The summed E-state index contributed by atoms with van der Waals surface area (Å²) in [5, 5.41) is 5.00. The molecule has 0 fully saturated rings. The third kappa shape index (κ3) is 8.20. The Morgan fingerprint density at radius 3 is 1.86 bits per heavy atom. The van der Waals surface area contributed by atoms with Crippen molar-refractivity contribution in [2.75, 3.05) is 59.6 Å². The van der Waals surface area contributed by atoms with Gasteiger partial charge in [-0.2, -0.15) is 0 Å². The number of hydrogen-bond donors (Lipinski definition) is 0. The average molecular weight is 779 g/mol. The molecule has 0 atom stereocenters. The molecule has 3 rings (SSSR count). The normalized spacial score (nSPS) is 11.9. The van der Waals surface area contributed by atoms with Gasteiger partial charge < -0.3 is 0 Å². The molecule has 0 spiro atoms. The molecule has 0 bridgehead atoms. The number of aryl methyl sites for hydroxylation is 2. The summed E-state index contributed by atoms with van der Waals surface area (Å²) in [4.78, 5) is 11.9. The Labute approximate surface area is 277 Å². The number of nitrogens with zero attached hydrogens (tertiary/aromatic N) is 5. The predicted molar refractivity (Wildman–Crippen MR) is 187 cm³/mol. The number of benzene rings is 1. The van der Waals surface area contributed by atoms with Crippen LogP contribution in [-0.2, 0) is 9.47 Å². The Kier molecular flexibility index (Phi) is 15.0. The monoisotopic (exact) mass is 780 g/mol. The summed E-state index contributed by atoms with van der Waals surface area (Å²) in [5.74, 6) is 2.99. The molecular formula is C33H54BrN5O4Sn. The van der Waals surface area contributed by atoms with Gasteiger partial charge in [0.2, 0.25) is 0 Å². The van der Waals surface area contributed by atoms with E-state index in [1.807, 2.05) is 18.4 Å². The van der Waals surface area contributed by atoms with Crippen molar-refractivity contribution in [2.24, 2.45) is 0 Å². The first-order valence-corrected chi connectivity index (χ1v) is 24.5. The van der Waals surface area contributed by atoms with Crippen LogP contribution >= 0.6 is 15.9 Å². The van der Waals surface area contributed by atoms with Gasteiger partial charge in [-0.05, 0) is 0 Å². The topological polar surface area (TPSA) is 83.2 Å². The fourth-order valence-electron chi connectivity index (χ4n) is 6.25. The van der Waals surface area contributed by atoms with Crippen LogP contribution in [0.1, 0.15) is 70.8 Å². The molecule has 246 valence electrons. The molecule has 0 N–H and O–H groups in total. The van der Waals surface area contributed by atoms with Crippen molar-refractivity contribution in [2.45, 2.75) is 86.5 Å². The van der Waals surface area contributed by atoms with E-state index in [0.717, 1.165) is 38.4 Å². The third-order valence-electron chi connectivity index (χ3n) is 8.63. The molecular weight excluding hydrogens is 725 g/mol. The van der Waals surface area contributed by atoms with E-state index in [4.69, 9.17) is 34.0 Å². The van der Waals surface area contributed by atoms with Crippen LogP contribution in [0, 0.1) is 13.8 Å². The van der Waals surface area contributed by atoms with E-state index in [-0.39, 0.29) is 0 Å². The van der Waals surface area contributed by atoms with Gasteiger partial charge in [0.25, 0.3) is 0 Å². The Balaban J connectivity index is 2.35. The second-order valence-electron chi connectivity index (χ2n) is 11.7. The summed E-state index contributed by atoms with van der Waals surface area (Å²) >= 11 is 1.25. The van der Waals surface area contributed by atoms with Crippen LogP contribution in [0.3, 0.4) is 0 Å². The molecule has 0 radical (unpaired) electrons. The molecule has 0 amide bonds. The van der Waals surface area contributed by atoms with Crippen LogP contribution in [-0.4, -0.2) is 92.7 Å². The quantitative estimate of drug-likeness (QED) is 0.110. The standard InChI is InChI=1S/C21H27BrN5O4.3C4H9.Sn/c1-13-17(18-16(30-5)8-7-15(22)19(18)31-6)20-23-14(2)24-21(27(20)25-13)26(9-11-28-3)10-12-29-4;3*1-3-4-2;/h8H,9-12H2,1-6H3;3*1,3-4H2,2H3;/i22-4;;;;. The van der Waals surface area contributed by atoms with Crippen LogP contribution in [0.15, 0.2) is 10.5 Å². The van der Waals surface area contributed by atoms with Crippen LogP contribution in [0.2, 0.25) is 13.3 Å². The van der Waals surface area contributed by atoms with Gasteiger partial charge in [-0.25, -0.2) is 0 Å². The first-order valence-electron chi connectivity index (χ1n) is 16.2. The zero-order valence-corrected chi connectivity index (χ0v) is 33.0. The molecule has 2 aromatic heterocycles. The van der Waals surface area contributed by atoms with E-state index in [2.05, 4.69) is 47.7 Å². The molecule has 0 unspecified atom stereocenters. The Morgan fingerprint density at radius 2 is 1.39 bits per heavy atom. The Hall–Kier alpha value is -1.63. The van der Waals surface area contributed by atoms with Gasteiger partial charge in [0, 0.05) is 14.2 Å². The summed E-state index contributed by atoms with van der Waals surface area (Å²) in [6.07, 6.45) is 7.48. The van der Waals surface area contributed by atoms with Crippen molar-refractivity contribution < 1.29 is 18.9 Å². The predicted octanol–water partition coefficient (Wildman–Crippen LogP) is 7.34. The van der Waals surface area contributed by atoms with Crippen molar-refractivity contribution >= 4 is 49.5 Å². The number of ether oxygens (including phenoxy) is 4. The van der Waals surface area contributed by atoms with Crippen molar-refractivity contribution in [3.63, 3.8) is 0 Å². The summed E-state index contributed by atoms with van der Waals surface area (Å²) in [7, 11) is 6.94. The van der Waals surface area contributed by atoms with Gasteiger partial charge in [-0.15, -0.1) is 0 Å². The van der Waals surface area contributed by atoms with Gasteiger partial charge in [0.05, 0.1) is 0 Å². The van der Waals surface area contributed by atoms with E-state index in [9.17, 15) is 0 Å². The molecule has 0 aliphatic carbocycles. The molecule has 2 heterocycles. The summed E-state index contributed by atoms with van der Waals surface area (Å²) in [6.45, 7) is 13.3. The van der Waals surface area contributed by atoms with Crippen LogP contribution in [0.25, 0.3) is 16.8 Å². The van der Waals surface area contributed by atoms with E-state index in [1.54, 1.807) is 28.4 Å². The molecule has 3 aromatic rings. The zero-order chi connectivity index (χ0) is 32.3. The van der Waals surface area contributed by atoms with E-state index in [0.29, 0.717) is 38.1 Å². The molecule has 11 heteroatoms. The molecule has 44 heavy (non-hydrogen) atoms. The molecule has 0 saturated carbocycles. The Morgan fingerprint density at radius 1 is 0.818 bits per heavy atom. The van der Waals surface area contributed by atoms with Crippen molar-refractivity contribution in [3.05, 3.63) is 22.1 Å². The van der Waals surface area contributed by atoms with Gasteiger partial charge in [-0.3, -0.25) is 0 Å². The maximum absolute atomic E-state index is 6.29. The Bertz CT molecular complexity index is 1320. The van der Waals surface area contributed by atoms with E-state index < -0.39 is 18.4 Å². The number of aromatic nitrogens is 4. The van der Waals surface area contributed by atoms with Gasteiger partial charge >= 0.3 is 265 Å². The third-order valence-corrected chi connectivity index (χ3v) is 26.1. The van der Waals surface area contributed by atoms with Crippen LogP contribution in [0.5, 0.6) is 11.5 Å². The van der Waals surface area contributed by atoms with Crippen molar-refractivity contribution in [1.82, 2.24) is 19.6 Å². The summed E-state index contributed by atoms with van der Waals surface area (Å²) in [6, 6.07) is 2.35. The fourth-order valence-corrected chi connectivity index (χ4v) is 25.7. The number of fused-ring (bicyclic) bond motifs is 1. The number of methoxy groups -OCH3 is 4. The molecule has 9 nitrogen and oxygen atoms in total.